The maximum Gasteiger partial charge on any atom is 0.0737 e. The zero-order chi connectivity index (χ0) is 12.8. The third-order valence-corrected chi connectivity index (χ3v) is 3.33. The Morgan fingerprint density at radius 2 is 2.00 bits per heavy atom. The molecule has 1 aromatic carbocycles. The van der Waals surface area contributed by atoms with Crippen LogP contribution in [0, 0.1) is 0 Å². The number of aromatic nitrogens is 1. The number of benzene rings is 1. The summed E-state index contributed by atoms with van der Waals surface area (Å²) in [6.45, 7) is 0.957. The van der Waals surface area contributed by atoms with Crippen molar-refractivity contribution in [3.8, 4) is 0 Å². The van der Waals surface area contributed by atoms with E-state index in [-0.39, 0.29) is 0 Å². The highest BCUT2D eigenvalue weighted by Gasteiger charge is 2.01. The Balaban J connectivity index is 2.04. The molecule has 0 spiro atoms. The van der Waals surface area contributed by atoms with Gasteiger partial charge in [0, 0.05) is 34.7 Å². The molecule has 0 saturated heterocycles. The van der Waals surface area contributed by atoms with Crippen molar-refractivity contribution in [3.05, 3.63) is 35.5 Å². The molecule has 0 unspecified atom stereocenters. The lowest BCUT2D eigenvalue weighted by Crippen LogP contribution is -2.02. The van der Waals surface area contributed by atoms with Gasteiger partial charge in [0.15, 0.2) is 0 Å². The standard InChI is InChI=1S/C14H16Cl2N2/c15-7-2-1-3-8-17-13-6-9-18-14-10-11(16)4-5-12(13)14/h4-6,9-10H,1-3,7-8H2,(H,17,18). The molecule has 0 saturated carbocycles. The number of nitrogens with one attached hydrogen (secondary N) is 1. The van der Waals surface area contributed by atoms with E-state index in [0.717, 1.165) is 48.3 Å². The van der Waals surface area contributed by atoms with Crippen LogP contribution in [0.2, 0.25) is 5.02 Å². The molecule has 0 atom stereocenters. The summed E-state index contributed by atoms with van der Waals surface area (Å²) in [5.41, 5.74) is 2.04. The quantitative estimate of drug-likeness (QED) is 0.613. The van der Waals surface area contributed by atoms with E-state index in [0.29, 0.717) is 5.02 Å². The monoisotopic (exact) mass is 282 g/mol. The predicted molar refractivity (Wildman–Crippen MR) is 79.8 cm³/mol. The molecule has 1 N–H and O–H groups in total. The number of pyridine rings is 1. The fraction of sp³-hybridized carbons (Fsp3) is 0.357. The van der Waals surface area contributed by atoms with E-state index in [2.05, 4.69) is 10.3 Å². The van der Waals surface area contributed by atoms with E-state index < -0.39 is 0 Å². The van der Waals surface area contributed by atoms with Gasteiger partial charge in [-0.2, -0.15) is 0 Å². The van der Waals surface area contributed by atoms with Gasteiger partial charge in [0.25, 0.3) is 0 Å². The summed E-state index contributed by atoms with van der Waals surface area (Å²) in [4.78, 5) is 4.32. The lowest BCUT2D eigenvalue weighted by atomic mass is 10.2. The SMILES string of the molecule is ClCCCCCNc1ccnc2cc(Cl)ccc12. The number of rotatable bonds is 6. The minimum Gasteiger partial charge on any atom is -0.384 e. The number of hydrogen-bond donors (Lipinski definition) is 1. The van der Waals surface area contributed by atoms with Crippen molar-refractivity contribution in [3.63, 3.8) is 0 Å². The van der Waals surface area contributed by atoms with Crippen LogP contribution in [-0.4, -0.2) is 17.4 Å². The zero-order valence-electron chi connectivity index (χ0n) is 10.1. The van der Waals surface area contributed by atoms with E-state index in [1.165, 1.54) is 0 Å². The number of hydrogen-bond acceptors (Lipinski definition) is 2. The lowest BCUT2D eigenvalue weighted by molar-refractivity contribution is 0.748. The van der Waals surface area contributed by atoms with Crippen LogP contribution < -0.4 is 5.32 Å². The first-order chi connectivity index (χ1) is 8.81. The smallest absolute Gasteiger partial charge is 0.0737 e. The summed E-state index contributed by atoms with van der Waals surface area (Å²) < 4.78 is 0. The van der Waals surface area contributed by atoms with Crippen LogP contribution in [0.3, 0.4) is 0 Å². The van der Waals surface area contributed by atoms with Crippen LogP contribution in [-0.2, 0) is 0 Å². The van der Waals surface area contributed by atoms with Crippen molar-refractivity contribution in [1.82, 2.24) is 4.98 Å². The minimum absolute atomic E-state index is 0.717. The summed E-state index contributed by atoms with van der Waals surface area (Å²) >= 11 is 11.6. The molecule has 1 heterocycles. The molecule has 1 aromatic heterocycles. The number of fused-ring (bicyclic) bond motifs is 1. The van der Waals surface area contributed by atoms with Gasteiger partial charge in [-0.1, -0.05) is 18.0 Å². The van der Waals surface area contributed by atoms with E-state index in [1.807, 2.05) is 24.3 Å². The molecular formula is C14H16Cl2N2. The summed E-state index contributed by atoms with van der Waals surface area (Å²) in [5.74, 6) is 0.747. The van der Waals surface area contributed by atoms with E-state index in [9.17, 15) is 0 Å². The van der Waals surface area contributed by atoms with E-state index >= 15 is 0 Å². The molecule has 0 aliphatic rings. The fourth-order valence-electron chi connectivity index (χ4n) is 1.89. The van der Waals surface area contributed by atoms with Crippen LogP contribution in [0.1, 0.15) is 19.3 Å². The molecule has 0 amide bonds. The van der Waals surface area contributed by atoms with Crippen molar-refractivity contribution in [2.75, 3.05) is 17.7 Å². The molecule has 2 nitrogen and oxygen atoms in total. The summed E-state index contributed by atoms with van der Waals surface area (Å²) in [6.07, 6.45) is 5.17. The van der Waals surface area contributed by atoms with Gasteiger partial charge in [-0.3, -0.25) is 4.98 Å². The van der Waals surface area contributed by atoms with Crippen LogP contribution in [0.4, 0.5) is 5.69 Å². The highest BCUT2D eigenvalue weighted by atomic mass is 35.5. The Kier molecular flexibility index (Phi) is 5.09. The van der Waals surface area contributed by atoms with Gasteiger partial charge in [-0.05, 0) is 37.1 Å². The Morgan fingerprint density at radius 3 is 2.83 bits per heavy atom. The molecule has 0 fully saturated rings. The number of halogens is 2. The second-order valence-corrected chi connectivity index (χ2v) is 5.01. The topological polar surface area (TPSA) is 24.9 Å². The van der Waals surface area contributed by atoms with Gasteiger partial charge < -0.3 is 5.32 Å². The number of anilines is 1. The summed E-state index contributed by atoms with van der Waals surface area (Å²) in [5, 5.41) is 5.27. The Morgan fingerprint density at radius 1 is 1.11 bits per heavy atom. The van der Waals surface area contributed by atoms with E-state index in [1.54, 1.807) is 6.20 Å². The van der Waals surface area contributed by atoms with Crippen molar-refractivity contribution in [2.45, 2.75) is 19.3 Å². The average Bonchev–Trinajstić information content (AvgIpc) is 2.38. The molecule has 0 radical (unpaired) electrons. The second kappa shape index (κ2) is 6.81. The van der Waals surface area contributed by atoms with Crippen LogP contribution >= 0.6 is 23.2 Å². The molecule has 0 aliphatic heterocycles. The van der Waals surface area contributed by atoms with Crippen molar-refractivity contribution in [2.24, 2.45) is 0 Å². The predicted octanol–water partition coefficient (Wildman–Crippen LogP) is 4.71. The molecule has 0 aliphatic carbocycles. The van der Waals surface area contributed by atoms with Crippen molar-refractivity contribution >= 4 is 39.8 Å². The Labute approximate surface area is 117 Å². The Hall–Kier alpha value is -0.990. The first-order valence-electron chi connectivity index (χ1n) is 6.15. The van der Waals surface area contributed by atoms with Crippen molar-refractivity contribution in [1.29, 1.82) is 0 Å². The van der Waals surface area contributed by atoms with Crippen LogP contribution in [0.25, 0.3) is 10.9 Å². The van der Waals surface area contributed by atoms with Gasteiger partial charge in [0.1, 0.15) is 0 Å². The number of nitrogens with zero attached hydrogens (tertiary/aromatic N) is 1. The molecular weight excluding hydrogens is 267 g/mol. The number of alkyl halides is 1. The normalized spacial score (nSPS) is 10.8. The molecule has 0 bridgehead atoms. The summed E-state index contributed by atoms with van der Waals surface area (Å²) in [6, 6.07) is 7.78. The van der Waals surface area contributed by atoms with Crippen LogP contribution in [0.15, 0.2) is 30.5 Å². The van der Waals surface area contributed by atoms with Crippen molar-refractivity contribution < 1.29 is 0 Å². The highest BCUT2D eigenvalue weighted by molar-refractivity contribution is 6.31. The molecule has 4 heteroatoms. The van der Waals surface area contributed by atoms with E-state index in [4.69, 9.17) is 23.2 Å². The lowest BCUT2D eigenvalue weighted by Gasteiger charge is -2.09. The second-order valence-electron chi connectivity index (χ2n) is 4.20. The van der Waals surface area contributed by atoms with Gasteiger partial charge in [-0.15, -0.1) is 11.6 Å². The molecule has 2 rings (SSSR count). The average molecular weight is 283 g/mol. The fourth-order valence-corrected chi connectivity index (χ4v) is 2.25. The summed E-state index contributed by atoms with van der Waals surface area (Å²) in [7, 11) is 0. The van der Waals surface area contributed by atoms with Gasteiger partial charge in [-0.25, -0.2) is 0 Å². The van der Waals surface area contributed by atoms with Gasteiger partial charge in [0.05, 0.1) is 5.52 Å². The largest absolute Gasteiger partial charge is 0.384 e. The maximum atomic E-state index is 5.96. The first-order valence-corrected chi connectivity index (χ1v) is 7.06. The highest BCUT2D eigenvalue weighted by Crippen LogP contribution is 2.24. The molecule has 18 heavy (non-hydrogen) atoms. The molecule has 2 aromatic rings. The Bertz CT molecular complexity index is 514. The third-order valence-electron chi connectivity index (χ3n) is 2.83. The van der Waals surface area contributed by atoms with Gasteiger partial charge in [0.2, 0.25) is 0 Å². The van der Waals surface area contributed by atoms with Gasteiger partial charge >= 0.3 is 0 Å². The maximum absolute atomic E-state index is 5.96. The first kappa shape index (κ1) is 13.4. The number of unbranched alkanes of at least 4 members (excludes halogenated alkanes) is 2. The van der Waals surface area contributed by atoms with Crippen LogP contribution in [0.5, 0.6) is 0 Å². The zero-order valence-corrected chi connectivity index (χ0v) is 11.6. The molecule has 96 valence electrons. The third kappa shape index (κ3) is 3.50. The minimum atomic E-state index is 0.717.